The maximum absolute atomic E-state index is 11.8. The van der Waals surface area contributed by atoms with Crippen molar-refractivity contribution in [1.82, 2.24) is 9.55 Å². The van der Waals surface area contributed by atoms with E-state index in [-0.39, 0.29) is 5.82 Å². The maximum atomic E-state index is 11.8. The van der Waals surface area contributed by atoms with Gasteiger partial charge < -0.3 is 25.4 Å². The average Bonchev–Trinajstić information content (AvgIpc) is 2.65. The number of aliphatic hydroxyl groups excluding tert-OH is 2. The van der Waals surface area contributed by atoms with Gasteiger partial charge in [0.15, 0.2) is 6.23 Å². The molecular weight excluding hydrogens is 242 g/mol. The van der Waals surface area contributed by atoms with Crippen LogP contribution in [0.25, 0.3) is 0 Å². The molecule has 0 bridgehead atoms. The number of nitrogen functional groups attached to an aromatic ring is 1. The van der Waals surface area contributed by atoms with E-state index < -0.39 is 43.9 Å². The molecule has 0 saturated carbocycles. The summed E-state index contributed by atoms with van der Waals surface area (Å²) in [6, 6.07) is 1.32. The van der Waals surface area contributed by atoms with Crippen LogP contribution in [0, 0.1) is 0 Å². The first-order valence-corrected chi connectivity index (χ1v) is 5.20. The molecule has 1 aromatic rings. The van der Waals surface area contributed by atoms with Crippen LogP contribution in [0.15, 0.2) is 17.1 Å². The lowest BCUT2D eigenvalue weighted by Crippen LogP contribution is -2.37. The zero-order chi connectivity index (χ0) is 15.8. The topological polar surface area (TPSA) is 120 Å². The molecule has 0 spiro atoms. The zero-order valence-electron chi connectivity index (χ0n) is 12.3. The molecule has 2 heterocycles. The third-order valence-corrected chi connectivity index (χ3v) is 2.75. The summed E-state index contributed by atoms with van der Waals surface area (Å²) < 4.78 is 32.4. The average molecular weight is 260 g/mol. The molecule has 8 nitrogen and oxygen atoms in total. The van der Waals surface area contributed by atoms with Crippen molar-refractivity contribution >= 4 is 5.82 Å². The molecule has 18 heavy (non-hydrogen) atoms. The number of nitrogens with zero attached hydrogens (tertiary/aromatic N) is 2. The van der Waals surface area contributed by atoms with Crippen LogP contribution in [0.4, 0.5) is 5.82 Å². The molecule has 1 aromatic heterocycles. The van der Waals surface area contributed by atoms with Crippen molar-refractivity contribution in [2.24, 2.45) is 0 Å². The van der Waals surface area contributed by atoms with Crippen molar-refractivity contribution in [2.45, 2.75) is 24.5 Å². The highest BCUT2D eigenvalue weighted by atomic mass is 16.6. The van der Waals surface area contributed by atoms with Gasteiger partial charge in [-0.1, -0.05) is 0 Å². The van der Waals surface area contributed by atoms with Gasteiger partial charge in [-0.3, -0.25) is 4.57 Å². The molecule has 0 radical (unpaired) electrons. The highest BCUT2D eigenvalue weighted by molar-refractivity contribution is 5.23. The summed E-state index contributed by atoms with van der Waals surface area (Å²) in [7, 11) is -2.80. The van der Waals surface area contributed by atoms with Crippen LogP contribution in [-0.2, 0) is 9.47 Å². The monoisotopic (exact) mass is 260 g/mol. The van der Waals surface area contributed by atoms with Gasteiger partial charge in [0.05, 0.1) is 10.7 Å². The Morgan fingerprint density at radius 1 is 1.78 bits per heavy atom. The minimum absolute atomic E-state index is 0.0122. The molecule has 1 unspecified atom stereocenters. The van der Waals surface area contributed by atoms with Crippen molar-refractivity contribution in [2.75, 3.05) is 19.4 Å². The van der Waals surface area contributed by atoms with Gasteiger partial charge in [0.25, 0.3) is 0 Å². The summed E-state index contributed by atoms with van der Waals surface area (Å²) in [5, 5.41) is 19.1. The Labute approximate surface area is 107 Å². The van der Waals surface area contributed by atoms with Gasteiger partial charge in [-0.2, -0.15) is 4.98 Å². The minimum atomic E-state index is -2.80. The molecule has 4 atom stereocenters. The normalized spacial score (nSPS) is 34.9. The second kappa shape index (κ2) is 5.02. The first kappa shape index (κ1) is 9.45. The number of aliphatic hydroxyl groups is 2. The van der Waals surface area contributed by atoms with Gasteiger partial charge >= 0.3 is 5.69 Å². The predicted molar refractivity (Wildman–Crippen MR) is 60.7 cm³/mol. The van der Waals surface area contributed by atoms with Crippen molar-refractivity contribution in [3.8, 4) is 0 Å². The summed E-state index contributed by atoms with van der Waals surface area (Å²) in [6.07, 6.45) is -3.84. The number of ether oxygens (including phenoxy) is 2. The standard InChI is InChI=1S/C10H15N3O5/c1-17-8-7(15)5(4-14)18-9(8)13-3-2-6(11)12-10(13)16/h2-3,5,7-9,14-15H,4H2,1H3,(H2,11,12,16)/t5-,7?,8+,9-/m1/s1/i1D3. The second-order valence-corrected chi connectivity index (χ2v) is 3.86. The van der Waals surface area contributed by atoms with Crippen LogP contribution in [0.2, 0.25) is 0 Å². The molecule has 1 aliphatic rings. The maximum Gasteiger partial charge on any atom is 0.351 e. The Morgan fingerprint density at radius 3 is 3.17 bits per heavy atom. The minimum Gasteiger partial charge on any atom is -0.394 e. The summed E-state index contributed by atoms with van der Waals surface area (Å²) in [5.74, 6) is -0.0122. The van der Waals surface area contributed by atoms with Crippen molar-refractivity contribution in [1.29, 1.82) is 0 Å². The smallest absolute Gasteiger partial charge is 0.351 e. The first-order valence-electron chi connectivity index (χ1n) is 6.70. The predicted octanol–water partition coefficient (Wildman–Crippen LogP) is -1.91. The molecule has 8 heteroatoms. The molecule has 1 aliphatic heterocycles. The number of rotatable bonds is 3. The first-order chi connectivity index (χ1) is 9.73. The Hall–Kier alpha value is -1.48. The largest absolute Gasteiger partial charge is 0.394 e. The van der Waals surface area contributed by atoms with E-state index >= 15 is 0 Å². The summed E-state index contributed by atoms with van der Waals surface area (Å²) >= 11 is 0. The van der Waals surface area contributed by atoms with E-state index in [0.29, 0.717) is 0 Å². The van der Waals surface area contributed by atoms with E-state index in [0.717, 1.165) is 4.57 Å². The van der Waals surface area contributed by atoms with Crippen molar-refractivity contribution in [3.05, 3.63) is 22.7 Å². The molecular formula is C10H15N3O5. The lowest BCUT2D eigenvalue weighted by Gasteiger charge is -2.20. The number of anilines is 1. The molecule has 2 rings (SSSR count). The number of methoxy groups -OCH3 is 1. The van der Waals surface area contributed by atoms with Gasteiger partial charge in [-0.15, -0.1) is 0 Å². The fourth-order valence-electron chi connectivity index (χ4n) is 1.84. The highest BCUT2D eigenvalue weighted by Gasteiger charge is 2.45. The number of nitrogens with two attached hydrogens (primary N) is 1. The third-order valence-electron chi connectivity index (χ3n) is 2.75. The van der Waals surface area contributed by atoms with E-state index in [1.165, 1.54) is 12.3 Å². The number of aromatic nitrogens is 2. The van der Waals surface area contributed by atoms with Crippen LogP contribution in [0.1, 0.15) is 10.3 Å². The van der Waals surface area contributed by atoms with E-state index in [9.17, 15) is 9.90 Å². The fourth-order valence-corrected chi connectivity index (χ4v) is 1.84. The van der Waals surface area contributed by atoms with E-state index in [1.807, 2.05) is 0 Å². The highest BCUT2D eigenvalue weighted by Crippen LogP contribution is 2.30. The quantitative estimate of drug-likeness (QED) is 0.580. The Kier molecular flexibility index (Phi) is 2.64. The van der Waals surface area contributed by atoms with Crippen molar-refractivity contribution < 1.29 is 23.8 Å². The second-order valence-electron chi connectivity index (χ2n) is 3.86. The Balaban J connectivity index is 2.36. The van der Waals surface area contributed by atoms with E-state index in [1.54, 1.807) is 0 Å². The summed E-state index contributed by atoms with van der Waals surface area (Å²) in [4.78, 5) is 15.3. The van der Waals surface area contributed by atoms with Gasteiger partial charge in [0.1, 0.15) is 24.1 Å². The van der Waals surface area contributed by atoms with Crippen LogP contribution in [0.3, 0.4) is 0 Å². The van der Waals surface area contributed by atoms with Gasteiger partial charge in [0, 0.05) is 13.2 Å². The molecule has 1 fully saturated rings. The van der Waals surface area contributed by atoms with Crippen molar-refractivity contribution in [3.63, 3.8) is 0 Å². The zero-order valence-corrected chi connectivity index (χ0v) is 9.26. The third kappa shape index (κ3) is 2.10. The van der Waals surface area contributed by atoms with Crippen LogP contribution >= 0.6 is 0 Å². The van der Waals surface area contributed by atoms with Gasteiger partial charge in [-0.05, 0) is 6.07 Å². The Bertz CT molecular complexity index is 564. The van der Waals surface area contributed by atoms with Crippen LogP contribution in [-0.4, -0.2) is 51.7 Å². The molecule has 0 amide bonds. The SMILES string of the molecule is [2H]C([2H])([2H])O[C@H]1C(O)[C@@H](CO)O[C@H]1n1ccc(N)nc1=O. The summed E-state index contributed by atoms with van der Waals surface area (Å²) in [5.41, 5.74) is 4.58. The Morgan fingerprint density at radius 2 is 2.56 bits per heavy atom. The lowest BCUT2D eigenvalue weighted by molar-refractivity contribution is -0.0624. The molecule has 1 saturated heterocycles. The molecule has 100 valence electrons. The van der Waals surface area contributed by atoms with Gasteiger partial charge in [-0.25, -0.2) is 4.79 Å². The fraction of sp³-hybridized carbons (Fsp3) is 0.600. The molecule has 0 aromatic carbocycles. The number of hydrogen-bond acceptors (Lipinski definition) is 7. The van der Waals surface area contributed by atoms with Crippen LogP contribution < -0.4 is 11.4 Å². The van der Waals surface area contributed by atoms with E-state index in [4.69, 9.17) is 24.4 Å². The molecule has 4 N–H and O–H groups in total. The van der Waals surface area contributed by atoms with Gasteiger partial charge in [0.2, 0.25) is 0 Å². The summed E-state index contributed by atoms with van der Waals surface area (Å²) in [6.45, 7) is -0.560. The number of hydrogen-bond donors (Lipinski definition) is 3. The van der Waals surface area contributed by atoms with E-state index in [2.05, 4.69) is 4.98 Å². The molecule has 0 aliphatic carbocycles. The lowest BCUT2D eigenvalue weighted by atomic mass is 10.1. The van der Waals surface area contributed by atoms with Crippen LogP contribution in [0.5, 0.6) is 0 Å².